The van der Waals surface area contributed by atoms with E-state index in [4.69, 9.17) is 4.74 Å². The molecule has 7 nitrogen and oxygen atoms in total. The third kappa shape index (κ3) is 3.51. The van der Waals surface area contributed by atoms with Gasteiger partial charge in [-0.05, 0) is 23.8 Å². The highest BCUT2D eigenvalue weighted by Gasteiger charge is 2.11. The van der Waals surface area contributed by atoms with Crippen LogP contribution in [0, 0.1) is 0 Å². The van der Waals surface area contributed by atoms with Crippen LogP contribution in [0.3, 0.4) is 0 Å². The molecule has 0 fully saturated rings. The van der Waals surface area contributed by atoms with Crippen LogP contribution in [-0.2, 0) is 6.61 Å². The van der Waals surface area contributed by atoms with Crippen molar-refractivity contribution < 1.29 is 9.53 Å². The van der Waals surface area contributed by atoms with E-state index in [-0.39, 0.29) is 11.9 Å². The van der Waals surface area contributed by atoms with Crippen LogP contribution >= 0.6 is 0 Å². The second-order valence-electron chi connectivity index (χ2n) is 5.54. The molecule has 3 heterocycles. The van der Waals surface area contributed by atoms with Crippen molar-refractivity contribution in [3.05, 3.63) is 84.3 Å². The van der Waals surface area contributed by atoms with E-state index in [0.717, 1.165) is 5.56 Å². The number of ether oxygens (including phenoxy) is 1. The Kier molecular flexibility index (Phi) is 4.26. The number of anilines is 1. The Hall–Kier alpha value is -3.74. The van der Waals surface area contributed by atoms with Gasteiger partial charge in [-0.25, -0.2) is 4.52 Å². The average molecular weight is 345 g/mol. The first-order chi connectivity index (χ1) is 12.8. The van der Waals surface area contributed by atoms with Crippen molar-refractivity contribution in [2.45, 2.75) is 6.61 Å². The number of amides is 1. The molecular formula is C19H15N5O2. The van der Waals surface area contributed by atoms with Crippen molar-refractivity contribution in [1.29, 1.82) is 0 Å². The van der Waals surface area contributed by atoms with Crippen molar-refractivity contribution in [3.63, 3.8) is 0 Å². The third-order valence-corrected chi connectivity index (χ3v) is 3.68. The van der Waals surface area contributed by atoms with Gasteiger partial charge in [0, 0.05) is 18.5 Å². The Morgan fingerprint density at radius 1 is 1.08 bits per heavy atom. The van der Waals surface area contributed by atoms with Crippen LogP contribution < -0.4 is 10.1 Å². The fourth-order valence-electron chi connectivity index (χ4n) is 2.41. The van der Waals surface area contributed by atoms with Crippen LogP contribution in [0.2, 0.25) is 0 Å². The monoisotopic (exact) mass is 345 g/mol. The molecule has 1 N–H and O–H groups in total. The minimum Gasteiger partial charge on any atom is -0.489 e. The molecule has 0 aliphatic heterocycles. The van der Waals surface area contributed by atoms with E-state index in [1.54, 1.807) is 47.2 Å². The standard InChI is InChI=1S/C19H15N5O2/c25-18(16-8-4-5-10-20-16)22-19-21-17-12-15(9-11-24(17)23-19)26-13-14-6-2-1-3-7-14/h1-12H,13H2,(H,22,23,25). The minimum absolute atomic E-state index is 0.209. The van der Waals surface area contributed by atoms with Gasteiger partial charge in [0.2, 0.25) is 5.95 Å². The Balaban J connectivity index is 1.48. The van der Waals surface area contributed by atoms with Gasteiger partial charge in [0.05, 0.1) is 0 Å². The van der Waals surface area contributed by atoms with E-state index in [2.05, 4.69) is 20.4 Å². The summed E-state index contributed by atoms with van der Waals surface area (Å²) in [5.41, 5.74) is 1.96. The summed E-state index contributed by atoms with van der Waals surface area (Å²) >= 11 is 0. The van der Waals surface area contributed by atoms with E-state index in [1.165, 1.54) is 0 Å². The zero-order valence-corrected chi connectivity index (χ0v) is 13.7. The predicted molar refractivity (Wildman–Crippen MR) is 96.0 cm³/mol. The zero-order chi connectivity index (χ0) is 17.8. The fourth-order valence-corrected chi connectivity index (χ4v) is 2.41. The van der Waals surface area contributed by atoms with Gasteiger partial charge >= 0.3 is 0 Å². The quantitative estimate of drug-likeness (QED) is 0.601. The second-order valence-corrected chi connectivity index (χ2v) is 5.54. The van der Waals surface area contributed by atoms with Crippen LogP contribution in [0.15, 0.2) is 73.1 Å². The maximum atomic E-state index is 12.1. The summed E-state index contributed by atoms with van der Waals surface area (Å²) in [5, 5.41) is 6.87. The molecule has 1 aromatic carbocycles. The Bertz CT molecular complexity index is 1030. The van der Waals surface area contributed by atoms with Crippen LogP contribution in [0.25, 0.3) is 5.65 Å². The summed E-state index contributed by atoms with van der Waals surface area (Å²) in [5.74, 6) is 0.527. The van der Waals surface area contributed by atoms with Crippen molar-refractivity contribution in [3.8, 4) is 5.75 Å². The average Bonchev–Trinajstić information content (AvgIpc) is 3.09. The Labute approximate surface area is 149 Å². The van der Waals surface area contributed by atoms with Gasteiger partial charge in [-0.3, -0.25) is 15.1 Å². The summed E-state index contributed by atoms with van der Waals surface area (Å²) in [6, 6.07) is 18.6. The number of aromatic nitrogens is 4. The maximum Gasteiger partial charge on any atom is 0.276 e. The number of benzene rings is 1. The molecule has 26 heavy (non-hydrogen) atoms. The maximum absolute atomic E-state index is 12.1. The molecule has 3 aromatic heterocycles. The largest absolute Gasteiger partial charge is 0.489 e. The predicted octanol–water partition coefficient (Wildman–Crippen LogP) is 2.96. The van der Waals surface area contributed by atoms with Gasteiger partial charge in [-0.1, -0.05) is 36.4 Å². The molecule has 0 aliphatic rings. The molecule has 7 heteroatoms. The summed E-state index contributed by atoms with van der Waals surface area (Å²) in [6.07, 6.45) is 3.29. The van der Waals surface area contributed by atoms with Crippen molar-refractivity contribution in [2.75, 3.05) is 5.32 Å². The van der Waals surface area contributed by atoms with E-state index < -0.39 is 0 Å². The first-order valence-corrected chi connectivity index (χ1v) is 8.03. The molecule has 0 spiro atoms. The lowest BCUT2D eigenvalue weighted by molar-refractivity contribution is 0.102. The molecule has 0 radical (unpaired) electrons. The van der Waals surface area contributed by atoms with E-state index >= 15 is 0 Å². The Morgan fingerprint density at radius 2 is 1.92 bits per heavy atom. The number of carbonyl (C=O) groups excluding carboxylic acids is 1. The number of hydrogen-bond acceptors (Lipinski definition) is 5. The molecule has 1 amide bonds. The summed E-state index contributed by atoms with van der Waals surface area (Å²) in [6.45, 7) is 0.467. The van der Waals surface area contributed by atoms with Gasteiger partial charge in [-0.15, -0.1) is 5.10 Å². The number of nitrogens with zero attached hydrogens (tertiary/aromatic N) is 4. The van der Waals surface area contributed by atoms with Crippen LogP contribution in [0.5, 0.6) is 5.75 Å². The molecule has 0 atom stereocenters. The Morgan fingerprint density at radius 3 is 2.73 bits per heavy atom. The molecule has 0 unspecified atom stereocenters. The highest BCUT2D eigenvalue weighted by molar-refractivity contribution is 6.01. The fraction of sp³-hybridized carbons (Fsp3) is 0.0526. The highest BCUT2D eigenvalue weighted by Crippen LogP contribution is 2.16. The van der Waals surface area contributed by atoms with Gasteiger partial charge < -0.3 is 4.74 Å². The molecule has 0 saturated carbocycles. The van der Waals surface area contributed by atoms with Crippen LogP contribution in [0.1, 0.15) is 16.1 Å². The number of fused-ring (bicyclic) bond motifs is 1. The molecule has 0 bridgehead atoms. The summed E-state index contributed by atoms with van der Waals surface area (Å²) < 4.78 is 7.35. The number of pyridine rings is 2. The number of carbonyl (C=O) groups is 1. The number of nitrogens with one attached hydrogen (secondary N) is 1. The lowest BCUT2D eigenvalue weighted by Gasteiger charge is -2.05. The minimum atomic E-state index is -0.359. The van der Waals surface area contributed by atoms with Crippen LogP contribution in [-0.4, -0.2) is 25.5 Å². The molecule has 0 aliphatic carbocycles. The third-order valence-electron chi connectivity index (χ3n) is 3.68. The van der Waals surface area contributed by atoms with Gasteiger partial charge in [0.25, 0.3) is 5.91 Å². The highest BCUT2D eigenvalue weighted by atomic mass is 16.5. The van der Waals surface area contributed by atoms with Gasteiger partial charge in [0.15, 0.2) is 5.65 Å². The van der Waals surface area contributed by atoms with E-state index in [0.29, 0.717) is 23.7 Å². The number of rotatable bonds is 5. The van der Waals surface area contributed by atoms with E-state index in [1.807, 2.05) is 30.3 Å². The first-order valence-electron chi connectivity index (χ1n) is 8.03. The van der Waals surface area contributed by atoms with Gasteiger partial charge in [0.1, 0.15) is 18.1 Å². The van der Waals surface area contributed by atoms with E-state index in [9.17, 15) is 4.79 Å². The lowest BCUT2D eigenvalue weighted by atomic mass is 10.2. The van der Waals surface area contributed by atoms with Crippen molar-refractivity contribution in [2.24, 2.45) is 0 Å². The smallest absolute Gasteiger partial charge is 0.276 e. The molecule has 4 aromatic rings. The molecule has 128 valence electrons. The molecule has 0 saturated heterocycles. The summed E-state index contributed by atoms with van der Waals surface area (Å²) in [7, 11) is 0. The zero-order valence-electron chi connectivity index (χ0n) is 13.7. The van der Waals surface area contributed by atoms with Crippen LogP contribution in [0.4, 0.5) is 5.95 Å². The normalized spacial score (nSPS) is 10.6. The number of hydrogen-bond donors (Lipinski definition) is 1. The molecule has 4 rings (SSSR count). The SMILES string of the molecule is O=C(Nc1nc2cc(OCc3ccccc3)ccn2n1)c1ccccn1. The van der Waals surface area contributed by atoms with Gasteiger partial charge in [-0.2, -0.15) is 4.98 Å². The first kappa shape index (κ1) is 15.8. The second kappa shape index (κ2) is 7.02. The summed E-state index contributed by atoms with van der Waals surface area (Å²) in [4.78, 5) is 20.4. The molecular weight excluding hydrogens is 330 g/mol. The van der Waals surface area contributed by atoms with Crippen molar-refractivity contribution in [1.82, 2.24) is 19.6 Å². The lowest BCUT2D eigenvalue weighted by Crippen LogP contribution is -2.14. The topological polar surface area (TPSA) is 81.4 Å². The van der Waals surface area contributed by atoms with Crippen molar-refractivity contribution >= 4 is 17.5 Å².